The van der Waals surface area contributed by atoms with Crippen LogP contribution < -0.4 is 0 Å². The van der Waals surface area contributed by atoms with Crippen LogP contribution in [-0.4, -0.2) is 17.9 Å². The number of hydrogen-bond donors (Lipinski definition) is 0. The Kier molecular flexibility index (Phi) is 4.20. The number of esters is 1. The molecule has 2 fully saturated rings. The lowest BCUT2D eigenvalue weighted by Gasteiger charge is -2.52. The number of rotatable bonds is 5. The lowest BCUT2D eigenvalue weighted by molar-refractivity contribution is -0.258. The second-order valence-corrected chi connectivity index (χ2v) is 8.19. The molecule has 2 aliphatic carbocycles. The van der Waals surface area contributed by atoms with Crippen molar-refractivity contribution in [2.24, 2.45) is 22.7 Å². The molecule has 5 unspecified atom stereocenters. The van der Waals surface area contributed by atoms with Gasteiger partial charge >= 0.3 is 5.97 Å². The van der Waals surface area contributed by atoms with Gasteiger partial charge in [-0.2, -0.15) is 0 Å². The topological polar surface area (TPSA) is 35.5 Å². The molecule has 0 aromatic heterocycles. The molecule has 0 aromatic carbocycles. The van der Waals surface area contributed by atoms with E-state index in [0.29, 0.717) is 5.92 Å². The monoisotopic (exact) mass is 296 g/mol. The van der Waals surface area contributed by atoms with Crippen molar-refractivity contribution < 1.29 is 14.3 Å². The third-order valence-corrected chi connectivity index (χ3v) is 6.84. The van der Waals surface area contributed by atoms with Crippen molar-refractivity contribution >= 4 is 5.97 Å². The van der Waals surface area contributed by atoms with Gasteiger partial charge in [0.05, 0.1) is 11.5 Å². The maximum atomic E-state index is 12.0. The highest BCUT2D eigenvalue weighted by molar-refractivity contribution is 5.71. The van der Waals surface area contributed by atoms with E-state index in [-0.39, 0.29) is 28.3 Å². The van der Waals surface area contributed by atoms with Crippen molar-refractivity contribution in [3.05, 3.63) is 0 Å². The summed E-state index contributed by atoms with van der Waals surface area (Å²) in [6.45, 7) is 14.9. The van der Waals surface area contributed by atoms with Gasteiger partial charge in [0.1, 0.15) is 0 Å². The molecule has 3 heteroatoms. The summed E-state index contributed by atoms with van der Waals surface area (Å²) in [6.07, 6.45) is 4.05. The molecule has 2 rings (SSSR count). The third-order valence-electron chi connectivity index (χ3n) is 6.84. The number of hydrogen-bond acceptors (Lipinski definition) is 3. The highest BCUT2D eigenvalue weighted by Gasteiger charge is 2.68. The molecular weight excluding hydrogens is 264 g/mol. The minimum absolute atomic E-state index is 0.0625. The van der Waals surface area contributed by atoms with Gasteiger partial charge in [0.15, 0.2) is 0 Å². The average molecular weight is 296 g/mol. The first-order chi connectivity index (χ1) is 9.57. The van der Waals surface area contributed by atoms with Crippen LogP contribution in [0.2, 0.25) is 0 Å². The Bertz CT molecular complexity index is 410. The molecule has 3 nitrogen and oxygen atoms in total. The van der Waals surface area contributed by atoms with Gasteiger partial charge in [-0.05, 0) is 56.3 Å². The summed E-state index contributed by atoms with van der Waals surface area (Å²) >= 11 is 0. The Morgan fingerprint density at radius 3 is 2.33 bits per heavy atom. The van der Waals surface area contributed by atoms with Crippen molar-refractivity contribution in [2.45, 2.75) is 86.0 Å². The Morgan fingerprint density at radius 2 is 1.86 bits per heavy atom. The first-order valence-electron chi connectivity index (χ1n) is 8.45. The first-order valence-corrected chi connectivity index (χ1v) is 8.45. The molecule has 2 bridgehead atoms. The second kappa shape index (κ2) is 5.26. The third kappa shape index (κ3) is 2.42. The van der Waals surface area contributed by atoms with E-state index in [9.17, 15) is 4.79 Å². The van der Waals surface area contributed by atoms with Gasteiger partial charge in [-0.25, -0.2) is 0 Å². The summed E-state index contributed by atoms with van der Waals surface area (Å²) in [4.78, 5) is 12.0. The average Bonchev–Trinajstić information content (AvgIpc) is 2.86. The summed E-state index contributed by atoms with van der Waals surface area (Å²) < 4.78 is 11.9. The van der Waals surface area contributed by atoms with Gasteiger partial charge in [-0.15, -0.1) is 0 Å². The maximum Gasteiger partial charge on any atom is 0.310 e. The van der Waals surface area contributed by atoms with E-state index in [1.807, 2.05) is 20.8 Å². The Labute approximate surface area is 129 Å². The predicted octanol–water partition coefficient (Wildman–Crippen LogP) is 4.54. The zero-order chi connectivity index (χ0) is 16.1. The van der Waals surface area contributed by atoms with E-state index in [2.05, 4.69) is 27.7 Å². The zero-order valence-corrected chi connectivity index (χ0v) is 14.8. The molecule has 2 saturated carbocycles. The van der Waals surface area contributed by atoms with E-state index in [0.717, 1.165) is 6.42 Å². The van der Waals surface area contributed by atoms with Crippen molar-refractivity contribution in [2.75, 3.05) is 0 Å². The minimum atomic E-state index is -0.480. The van der Waals surface area contributed by atoms with Crippen molar-refractivity contribution in [3.63, 3.8) is 0 Å². The molecular formula is C18H32O3. The second-order valence-electron chi connectivity index (χ2n) is 8.19. The van der Waals surface area contributed by atoms with Gasteiger partial charge in [-0.1, -0.05) is 34.6 Å². The van der Waals surface area contributed by atoms with Crippen molar-refractivity contribution in [3.8, 4) is 0 Å². The van der Waals surface area contributed by atoms with Gasteiger partial charge in [-0.3, -0.25) is 4.79 Å². The fourth-order valence-electron chi connectivity index (χ4n) is 4.55. The minimum Gasteiger partial charge on any atom is -0.436 e. The van der Waals surface area contributed by atoms with Crippen molar-refractivity contribution in [1.82, 2.24) is 0 Å². The van der Waals surface area contributed by atoms with Crippen molar-refractivity contribution in [1.29, 1.82) is 0 Å². The van der Waals surface area contributed by atoms with E-state index < -0.39 is 6.29 Å². The van der Waals surface area contributed by atoms with Crippen LogP contribution in [0.4, 0.5) is 0 Å². The number of carbonyl (C=O) groups excluding carboxylic acids is 1. The fourth-order valence-corrected chi connectivity index (χ4v) is 4.55. The van der Waals surface area contributed by atoms with Gasteiger partial charge in [0.2, 0.25) is 6.29 Å². The summed E-state index contributed by atoms with van der Waals surface area (Å²) in [5, 5.41) is 0. The maximum absolute atomic E-state index is 12.0. The lowest BCUT2D eigenvalue weighted by Crippen LogP contribution is -2.55. The molecule has 0 N–H and O–H groups in total. The van der Waals surface area contributed by atoms with Crippen LogP contribution in [-0.2, 0) is 14.3 Å². The standard InChI is InChI=1S/C18H32O3/c1-8-12(2)15(19)20-13(3)21-18(7)16(4,5)14-9-10-17(18,6)11-14/h12-14H,8-11H2,1-7H3. The molecule has 2 aliphatic rings. The summed E-state index contributed by atoms with van der Waals surface area (Å²) in [5.74, 6) is 0.497. The van der Waals surface area contributed by atoms with E-state index in [1.54, 1.807) is 0 Å². The molecule has 0 spiro atoms. The van der Waals surface area contributed by atoms with Gasteiger partial charge in [0, 0.05) is 0 Å². The molecule has 122 valence electrons. The smallest absolute Gasteiger partial charge is 0.310 e. The summed E-state index contributed by atoms with van der Waals surface area (Å²) in [6, 6.07) is 0. The fraction of sp³-hybridized carbons (Fsp3) is 0.944. The number of ether oxygens (including phenoxy) is 2. The van der Waals surface area contributed by atoms with Crippen LogP contribution >= 0.6 is 0 Å². The Balaban J connectivity index is 2.09. The molecule has 0 aliphatic heterocycles. The summed E-state index contributed by atoms with van der Waals surface area (Å²) in [7, 11) is 0. The predicted molar refractivity (Wildman–Crippen MR) is 83.7 cm³/mol. The van der Waals surface area contributed by atoms with Crippen LogP contribution in [0.1, 0.15) is 74.1 Å². The Hall–Kier alpha value is -0.570. The van der Waals surface area contributed by atoms with Gasteiger partial charge < -0.3 is 9.47 Å². The quantitative estimate of drug-likeness (QED) is 0.552. The SMILES string of the molecule is CCC(C)C(=O)OC(C)OC1(C)C2(C)CCC(C2)C1(C)C. The first kappa shape index (κ1) is 16.8. The largest absolute Gasteiger partial charge is 0.436 e. The molecule has 0 aromatic rings. The van der Waals surface area contributed by atoms with E-state index in [1.165, 1.54) is 19.3 Å². The van der Waals surface area contributed by atoms with Crippen LogP contribution in [0.5, 0.6) is 0 Å². The van der Waals surface area contributed by atoms with Crippen LogP contribution in [0.15, 0.2) is 0 Å². The number of fused-ring (bicyclic) bond motifs is 2. The highest BCUT2D eigenvalue weighted by Crippen LogP contribution is 2.69. The Morgan fingerprint density at radius 1 is 1.24 bits per heavy atom. The summed E-state index contributed by atoms with van der Waals surface area (Å²) in [5.41, 5.74) is 0.0767. The van der Waals surface area contributed by atoms with Gasteiger partial charge in [0.25, 0.3) is 0 Å². The molecule has 0 radical (unpaired) electrons. The van der Waals surface area contributed by atoms with Crippen LogP contribution in [0, 0.1) is 22.7 Å². The molecule has 0 heterocycles. The zero-order valence-electron chi connectivity index (χ0n) is 14.8. The normalized spacial score (nSPS) is 40.0. The lowest BCUT2D eigenvalue weighted by atomic mass is 9.61. The molecule has 21 heavy (non-hydrogen) atoms. The molecule has 0 saturated heterocycles. The van der Waals surface area contributed by atoms with E-state index >= 15 is 0 Å². The van der Waals surface area contributed by atoms with Crippen LogP contribution in [0.25, 0.3) is 0 Å². The van der Waals surface area contributed by atoms with Crippen LogP contribution in [0.3, 0.4) is 0 Å². The molecule has 5 atom stereocenters. The van der Waals surface area contributed by atoms with E-state index in [4.69, 9.17) is 9.47 Å². The number of carbonyl (C=O) groups is 1. The highest BCUT2D eigenvalue weighted by atomic mass is 16.7. The molecule has 0 amide bonds.